The zero-order chi connectivity index (χ0) is 18.2. The summed E-state index contributed by atoms with van der Waals surface area (Å²) in [6, 6.07) is 25.3. The van der Waals surface area contributed by atoms with Crippen LogP contribution in [0.2, 0.25) is 5.02 Å². The van der Waals surface area contributed by atoms with Crippen molar-refractivity contribution in [1.29, 1.82) is 0 Å². The normalized spacial score (nSPS) is 11.9. The molecule has 26 heavy (non-hydrogen) atoms. The van der Waals surface area contributed by atoms with E-state index in [1.807, 2.05) is 78.9 Å². The Morgan fingerprint density at radius 3 is 2.42 bits per heavy atom. The molecule has 1 unspecified atom stereocenters. The van der Waals surface area contributed by atoms with Crippen LogP contribution in [0, 0.1) is 0 Å². The molecule has 134 valence electrons. The van der Waals surface area contributed by atoms with E-state index in [2.05, 4.69) is 5.32 Å². The first-order valence-electron chi connectivity index (χ1n) is 8.60. The first-order chi connectivity index (χ1) is 12.7. The number of ether oxygens (including phenoxy) is 1. The summed E-state index contributed by atoms with van der Waals surface area (Å²) >= 11 is 5.89. The molecule has 0 aliphatic heterocycles. The largest absolute Gasteiger partial charge is 0.489 e. The summed E-state index contributed by atoms with van der Waals surface area (Å²) in [6.45, 7) is 1.67. The van der Waals surface area contributed by atoms with Gasteiger partial charge >= 0.3 is 0 Å². The van der Waals surface area contributed by atoms with Crippen molar-refractivity contribution in [3.63, 3.8) is 0 Å². The van der Waals surface area contributed by atoms with Gasteiger partial charge in [-0.05, 0) is 41.0 Å². The number of rotatable bonds is 8. The monoisotopic (exact) mass is 367 g/mol. The van der Waals surface area contributed by atoms with Crippen LogP contribution in [0.15, 0.2) is 78.9 Å². The number of aliphatic hydroxyl groups is 1. The molecule has 4 heteroatoms. The molecule has 0 amide bonds. The lowest BCUT2D eigenvalue weighted by Crippen LogP contribution is -2.21. The average molecular weight is 368 g/mol. The minimum absolute atomic E-state index is 0.500. The third kappa shape index (κ3) is 5.60. The summed E-state index contributed by atoms with van der Waals surface area (Å²) in [5, 5.41) is 14.2. The summed E-state index contributed by atoms with van der Waals surface area (Å²) in [5.74, 6) is 0.822. The minimum Gasteiger partial charge on any atom is -0.489 e. The lowest BCUT2D eigenvalue weighted by molar-refractivity contribution is 0.174. The molecule has 0 radical (unpaired) electrons. The van der Waals surface area contributed by atoms with Crippen LogP contribution in [0.4, 0.5) is 0 Å². The minimum atomic E-state index is -0.513. The fourth-order valence-corrected chi connectivity index (χ4v) is 2.76. The highest BCUT2D eigenvalue weighted by atomic mass is 35.5. The van der Waals surface area contributed by atoms with Crippen LogP contribution in [-0.4, -0.2) is 11.7 Å². The van der Waals surface area contributed by atoms with E-state index >= 15 is 0 Å². The molecule has 0 heterocycles. The summed E-state index contributed by atoms with van der Waals surface area (Å²) in [5.41, 5.74) is 3.10. The van der Waals surface area contributed by atoms with Gasteiger partial charge in [-0.25, -0.2) is 0 Å². The van der Waals surface area contributed by atoms with Gasteiger partial charge in [0, 0.05) is 18.1 Å². The van der Waals surface area contributed by atoms with Gasteiger partial charge in [0.2, 0.25) is 0 Å². The molecule has 0 saturated carbocycles. The Morgan fingerprint density at radius 2 is 1.65 bits per heavy atom. The molecular formula is C22H22ClNO2. The zero-order valence-corrected chi connectivity index (χ0v) is 15.2. The average Bonchev–Trinajstić information content (AvgIpc) is 2.68. The molecule has 0 bridgehead atoms. The Morgan fingerprint density at radius 1 is 0.885 bits per heavy atom. The van der Waals surface area contributed by atoms with Gasteiger partial charge in [-0.2, -0.15) is 0 Å². The van der Waals surface area contributed by atoms with Gasteiger partial charge in [0.1, 0.15) is 12.4 Å². The van der Waals surface area contributed by atoms with Gasteiger partial charge in [0.15, 0.2) is 0 Å². The maximum absolute atomic E-state index is 10.2. The Kier molecular flexibility index (Phi) is 6.67. The molecular weight excluding hydrogens is 346 g/mol. The van der Waals surface area contributed by atoms with E-state index in [1.54, 1.807) is 0 Å². The summed E-state index contributed by atoms with van der Waals surface area (Å²) in [4.78, 5) is 0. The second-order valence-electron chi connectivity index (χ2n) is 6.12. The van der Waals surface area contributed by atoms with E-state index in [-0.39, 0.29) is 0 Å². The van der Waals surface area contributed by atoms with Gasteiger partial charge in [-0.1, -0.05) is 66.2 Å². The Bertz CT molecular complexity index is 806. The lowest BCUT2D eigenvalue weighted by Gasteiger charge is -2.13. The molecule has 3 rings (SSSR count). The summed E-state index contributed by atoms with van der Waals surface area (Å²) < 4.78 is 5.85. The van der Waals surface area contributed by atoms with E-state index in [0.29, 0.717) is 19.7 Å². The van der Waals surface area contributed by atoms with E-state index in [9.17, 15) is 5.11 Å². The first-order valence-corrected chi connectivity index (χ1v) is 8.98. The van der Waals surface area contributed by atoms with Crippen molar-refractivity contribution < 1.29 is 9.84 Å². The molecule has 2 N–H and O–H groups in total. The van der Waals surface area contributed by atoms with Crippen LogP contribution in [0.1, 0.15) is 22.8 Å². The fraction of sp³-hybridized carbons (Fsp3) is 0.182. The molecule has 0 aliphatic carbocycles. The second-order valence-corrected chi connectivity index (χ2v) is 6.56. The van der Waals surface area contributed by atoms with Crippen LogP contribution < -0.4 is 10.1 Å². The predicted octanol–water partition coefficient (Wildman–Crippen LogP) is 4.74. The molecule has 0 fully saturated rings. The van der Waals surface area contributed by atoms with Crippen LogP contribution >= 0.6 is 11.6 Å². The Hall–Kier alpha value is -2.33. The van der Waals surface area contributed by atoms with E-state index < -0.39 is 6.10 Å². The van der Waals surface area contributed by atoms with Gasteiger partial charge in [-0.3, -0.25) is 0 Å². The molecule has 0 saturated heterocycles. The maximum Gasteiger partial charge on any atom is 0.120 e. The lowest BCUT2D eigenvalue weighted by atomic mass is 10.1. The quantitative estimate of drug-likeness (QED) is 0.604. The van der Waals surface area contributed by atoms with Gasteiger partial charge < -0.3 is 15.2 Å². The van der Waals surface area contributed by atoms with Crippen LogP contribution in [0.5, 0.6) is 5.75 Å². The van der Waals surface area contributed by atoms with Crippen molar-refractivity contribution in [3.05, 3.63) is 101 Å². The molecule has 0 aliphatic rings. The van der Waals surface area contributed by atoms with Crippen LogP contribution in [-0.2, 0) is 13.2 Å². The van der Waals surface area contributed by atoms with E-state index in [0.717, 1.165) is 27.5 Å². The van der Waals surface area contributed by atoms with E-state index in [4.69, 9.17) is 16.3 Å². The highest BCUT2D eigenvalue weighted by Gasteiger charge is 2.06. The molecule has 3 nitrogen and oxygen atoms in total. The SMILES string of the molecule is OC(CNCc1cccc(OCc2ccc(Cl)cc2)c1)c1ccccc1. The third-order valence-electron chi connectivity index (χ3n) is 4.07. The molecule has 0 aromatic heterocycles. The number of aliphatic hydroxyl groups excluding tert-OH is 1. The highest BCUT2D eigenvalue weighted by molar-refractivity contribution is 6.30. The van der Waals surface area contributed by atoms with Crippen molar-refractivity contribution in [2.75, 3.05) is 6.54 Å². The van der Waals surface area contributed by atoms with E-state index in [1.165, 1.54) is 0 Å². The van der Waals surface area contributed by atoms with Crippen molar-refractivity contribution in [2.24, 2.45) is 0 Å². The maximum atomic E-state index is 10.2. The molecule has 3 aromatic rings. The highest BCUT2D eigenvalue weighted by Crippen LogP contribution is 2.17. The standard InChI is InChI=1S/C22H22ClNO2/c23-20-11-9-17(10-12-20)16-26-21-8-4-5-18(13-21)14-24-15-22(25)19-6-2-1-3-7-19/h1-13,22,24-25H,14-16H2. The Balaban J connectivity index is 1.48. The van der Waals surface area contributed by atoms with Crippen molar-refractivity contribution in [1.82, 2.24) is 5.32 Å². The number of halogens is 1. The van der Waals surface area contributed by atoms with Gasteiger partial charge in [0.05, 0.1) is 6.10 Å². The number of hydrogen-bond acceptors (Lipinski definition) is 3. The fourth-order valence-electron chi connectivity index (χ4n) is 2.64. The topological polar surface area (TPSA) is 41.5 Å². The molecule has 0 spiro atoms. The Labute approximate surface area is 159 Å². The number of nitrogens with one attached hydrogen (secondary N) is 1. The second kappa shape index (κ2) is 9.39. The van der Waals surface area contributed by atoms with Crippen LogP contribution in [0.25, 0.3) is 0 Å². The number of benzene rings is 3. The van der Waals surface area contributed by atoms with Gasteiger partial charge in [0.25, 0.3) is 0 Å². The first kappa shape index (κ1) is 18.5. The summed E-state index contributed by atoms with van der Waals surface area (Å²) in [7, 11) is 0. The smallest absolute Gasteiger partial charge is 0.120 e. The number of hydrogen-bond donors (Lipinski definition) is 2. The van der Waals surface area contributed by atoms with Crippen molar-refractivity contribution >= 4 is 11.6 Å². The summed E-state index contributed by atoms with van der Waals surface area (Å²) in [6.07, 6.45) is -0.513. The van der Waals surface area contributed by atoms with Crippen molar-refractivity contribution in [2.45, 2.75) is 19.3 Å². The zero-order valence-electron chi connectivity index (χ0n) is 14.4. The predicted molar refractivity (Wildman–Crippen MR) is 105 cm³/mol. The van der Waals surface area contributed by atoms with Crippen LogP contribution in [0.3, 0.4) is 0 Å². The van der Waals surface area contributed by atoms with Gasteiger partial charge in [-0.15, -0.1) is 0 Å². The molecule has 3 aromatic carbocycles. The van der Waals surface area contributed by atoms with Crippen molar-refractivity contribution in [3.8, 4) is 5.75 Å². The third-order valence-corrected chi connectivity index (χ3v) is 4.32. The molecule has 1 atom stereocenters.